The molecule has 1 saturated heterocycles. The van der Waals surface area contributed by atoms with E-state index >= 15 is 0 Å². The zero-order valence-electron chi connectivity index (χ0n) is 9.28. The molecule has 1 aliphatic heterocycles. The molecule has 0 bridgehead atoms. The topological polar surface area (TPSA) is 49.4 Å². The number of thioether (sulfide) groups is 1. The standard InChI is InChI=1S/C11H10Cl2N2O2S/c12-7-2-1-3-8(13)10(7)18-6-9(16)15-5-4-14-11(15)17/h1-3H,4-6H2,(H,14,17). The molecular formula is C11H10Cl2N2O2S. The first-order chi connectivity index (χ1) is 8.59. The predicted molar refractivity (Wildman–Crippen MR) is 72.3 cm³/mol. The van der Waals surface area contributed by atoms with Gasteiger partial charge in [0.1, 0.15) is 0 Å². The first-order valence-electron chi connectivity index (χ1n) is 5.24. The third kappa shape index (κ3) is 2.91. The van der Waals surface area contributed by atoms with Crippen molar-refractivity contribution in [1.82, 2.24) is 10.2 Å². The van der Waals surface area contributed by atoms with E-state index in [4.69, 9.17) is 23.2 Å². The summed E-state index contributed by atoms with van der Waals surface area (Å²) in [6, 6.07) is 4.82. The number of hydrogen-bond acceptors (Lipinski definition) is 3. The monoisotopic (exact) mass is 304 g/mol. The number of benzene rings is 1. The Kier molecular flexibility index (Phi) is 4.37. The van der Waals surface area contributed by atoms with Crippen LogP contribution in [0, 0.1) is 0 Å². The lowest BCUT2D eigenvalue weighted by Crippen LogP contribution is -2.35. The van der Waals surface area contributed by atoms with Crippen LogP contribution in [0.4, 0.5) is 4.79 Å². The van der Waals surface area contributed by atoms with Gasteiger partial charge in [0, 0.05) is 18.0 Å². The molecule has 18 heavy (non-hydrogen) atoms. The lowest BCUT2D eigenvalue weighted by atomic mass is 10.4. The van der Waals surface area contributed by atoms with Crippen LogP contribution in [0.3, 0.4) is 0 Å². The van der Waals surface area contributed by atoms with Crippen molar-refractivity contribution < 1.29 is 9.59 Å². The third-order valence-electron chi connectivity index (χ3n) is 2.42. The Morgan fingerprint density at radius 3 is 2.61 bits per heavy atom. The number of hydrogen-bond donors (Lipinski definition) is 1. The van der Waals surface area contributed by atoms with E-state index in [9.17, 15) is 9.59 Å². The third-order valence-corrected chi connectivity index (χ3v) is 4.39. The molecule has 0 radical (unpaired) electrons. The first kappa shape index (κ1) is 13.5. The SMILES string of the molecule is O=C(CSc1c(Cl)cccc1Cl)N1CCNC1=O. The summed E-state index contributed by atoms with van der Waals surface area (Å²) >= 11 is 13.2. The maximum Gasteiger partial charge on any atom is 0.324 e. The number of rotatable bonds is 3. The highest BCUT2D eigenvalue weighted by molar-refractivity contribution is 8.00. The molecule has 0 saturated carbocycles. The molecule has 1 N–H and O–H groups in total. The highest BCUT2D eigenvalue weighted by Gasteiger charge is 2.26. The Balaban J connectivity index is 1.99. The lowest BCUT2D eigenvalue weighted by molar-refractivity contribution is -0.124. The Labute approximate surface area is 119 Å². The van der Waals surface area contributed by atoms with Crippen LogP contribution < -0.4 is 5.32 Å². The van der Waals surface area contributed by atoms with Crippen molar-refractivity contribution in [2.24, 2.45) is 0 Å². The van der Waals surface area contributed by atoms with Gasteiger partial charge in [0.05, 0.1) is 15.8 Å². The van der Waals surface area contributed by atoms with Gasteiger partial charge in [-0.15, -0.1) is 11.8 Å². The average Bonchev–Trinajstić information content (AvgIpc) is 2.74. The van der Waals surface area contributed by atoms with Crippen molar-refractivity contribution in [2.75, 3.05) is 18.8 Å². The fourth-order valence-corrected chi connectivity index (χ4v) is 3.10. The minimum atomic E-state index is -0.342. The Morgan fingerprint density at radius 2 is 2.06 bits per heavy atom. The second-order valence-electron chi connectivity index (χ2n) is 3.62. The molecule has 1 aliphatic rings. The molecule has 7 heteroatoms. The van der Waals surface area contributed by atoms with E-state index in [1.165, 1.54) is 16.7 Å². The van der Waals surface area contributed by atoms with Crippen LogP contribution in [-0.4, -0.2) is 35.7 Å². The van der Waals surface area contributed by atoms with Gasteiger partial charge in [-0.2, -0.15) is 0 Å². The first-order valence-corrected chi connectivity index (χ1v) is 6.99. The maximum absolute atomic E-state index is 11.8. The molecule has 0 spiro atoms. The van der Waals surface area contributed by atoms with Crippen LogP contribution in [0.5, 0.6) is 0 Å². The average molecular weight is 305 g/mol. The molecule has 1 fully saturated rings. The zero-order valence-corrected chi connectivity index (χ0v) is 11.6. The lowest BCUT2D eigenvalue weighted by Gasteiger charge is -2.12. The van der Waals surface area contributed by atoms with E-state index in [0.717, 1.165) is 0 Å². The second kappa shape index (κ2) is 5.82. The van der Waals surface area contributed by atoms with E-state index in [1.807, 2.05) is 0 Å². The number of halogens is 2. The minimum absolute atomic E-state index is 0.136. The van der Waals surface area contributed by atoms with Crippen LogP contribution in [0.1, 0.15) is 0 Å². The summed E-state index contributed by atoms with van der Waals surface area (Å²) in [6.07, 6.45) is 0. The number of urea groups is 1. The van der Waals surface area contributed by atoms with Crippen molar-refractivity contribution in [3.8, 4) is 0 Å². The molecule has 0 aromatic heterocycles. The molecule has 0 atom stereocenters. The summed E-state index contributed by atoms with van der Waals surface area (Å²) in [6.45, 7) is 0.913. The maximum atomic E-state index is 11.8. The van der Waals surface area contributed by atoms with Crippen molar-refractivity contribution >= 4 is 46.9 Å². The normalized spacial score (nSPS) is 14.8. The van der Waals surface area contributed by atoms with Crippen LogP contribution in [0.25, 0.3) is 0 Å². The molecule has 1 aromatic carbocycles. The molecule has 2 rings (SSSR count). The summed E-state index contributed by atoms with van der Waals surface area (Å²) in [5, 5.41) is 3.59. The van der Waals surface area contributed by atoms with E-state index in [-0.39, 0.29) is 17.7 Å². The number of carbonyl (C=O) groups excluding carboxylic acids is 2. The molecule has 0 aliphatic carbocycles. The largest absolute Gasteiger partial charge is 0.336 e. The van der Waals surface area contributed by atoms with E-state index in [0.29, 0.717) is 28.0 Å². The molecule has 1 heterocycles. The quantitative estimate of drug-likeness (QED) is 0.873. The van der Waals surface area contributed by atoms with E-state index in [1.54, 1.807) is 18.2 Å². The van der Waals surface area contributed by atoms with Crippen molar-refractivity contribution in [2.45, 2.75) is 4.90 Å². The molecule has 0 unspecified atom stereocenters. The summed E-state index contributed by atoms with van der Waals surface area (Å²) in [5.74, 6) is -0.109. The van der Waals surface area contributed by atoms with Crippen LogP contribution in [0.2, 0.25) is 10.0 Å². The highest BCUT2D eigenvalue weighted by atomic mass is 35.5. The number of nitrogens with one attached hydrogen (secondary N) is 1. The minimum Gasteiger partial charge on any atom is -0.336 e. The highest BCUT2D eigenvalue weighted by Crippen LogP contribution is 2.33. The van der Waals surface area contributed by atoms with Gasteiger partial charge in [-0.05, 0) is 12.1 Å². The summed E-state index contributed by atoms with van der Waals surface area (Å²) in [7, 11) is 0. The van der Waals surface area contributed by atoms with Gasteiger partial charge in [0.15, 0.2) is 0 Å². The van der Waals surface area contributed by atoms with E-state index in [2.05, 4.69) is 5.32 Å². The van der Waals surface area contributed by atoms with Gasteiger partial charge in [-0.25, -0.2) is 4.79 Å². The Hall–Kier alpha value is -0.910. The molecule has 3 amide bonds. The van der Waals surface area contributed by atoms with Gasteiger partial charge < -0.3 is 5.32 Å². The molecular weight excluding hydrogens is 295 g/mol. The van der Waals surface area contributed by atoms with Crippen LogP contribution in [0.15, 0.2) is 23.1 Å². The molecule has 4 nitrogen and oxygen atoms in total. The molecule has 96 valence electrons. The number of nitrogens with zero attached hydrogens (tertiary/aromatic N) is 1. The summed E-state index contributed by atoms with van der Waals surface area (Å²) < 4.78 is 0. The smallest absolute Gasteiger partial charge is 0.324 e. The fourth-order valence-electron chi connectivity index (χ4n) is 1.54. The Morgan fingerprint density at radius 1 is 1.39 bits per heavy atom. The molecule has 1 aromatic rings. The fraction of sp³-hybridized carbons (Fsp3) is 0.273. The van der Waals surface area contributed by atoms with Crippen LogP contribution >= 0.6 is 35.0 Å². The Bertz CT molecular complexity index is 476. The van der Waals surface area contributed by atoms with Crippen molar-refractivity contribution in [3.05, 3.63) is 28.2 Å². The second-order valence-corrected chi connectivity index (χ2v) is 5.42. The van der Waals surface area contributed by atoms with Crippen molar-refractivity contribution in [3.63, 3.8) is 0 Å². The number of carbonyl (C=O) groups is 2. The van der Waals surface area contributed by atoms with Gasteiger partial charge in [-0.1, -0.05) is 29.3 Å². The summed E-state index contributed by atoms with van der Waals surface area (Å²) in [4.78, 5) is 25.0. The summed E-state index contributed by atoms with van der Waals surface area (Å²) in [5.41, 5.74) is 0. The van der Waals surface area contributed by atoms with Gasteiger partial charge >= 0.3 is 6.03 Å². The van der Waals surface area contributed by atoms with Crippen LogP contribution in [-0.2, 0) is 4.79 Å². The number of amides is 3. The van der Waals surface area contributed by atoms with Gasteiger partial charge in [0.2, 0.25) is 5.91 Å². The van der Waals surface area contributed by atoms with Gasteiger partial charge in [-0.3, -0.25) is 9.69 Å². The van der Waals surface area contributed by atoms with Crippen molar-refractivity contribution in [1.29, 1.82) is 0 Å². The number of imide groups is 1. The zero-order chi connectivity index (χ0) is 13.1. The predicted octanol–water partition coefficient (Wildman–Crippen LogP) is 2.64. The van der Waals surface area contributed by atoms with Gasteiger partial charge in [0.25, 0.3) is 0 Å². The van der Waals surface area contributed by atoms with E-state index < -0.39 is 0 Å².